The smallest absolute Gasteiger partial charge is 0.279 e. The lowest BCUT2D eigenvalue weighted by Gasteiger charge is -2.28. The highest BCUT2D eigenvalue weighted by Gasteiger charge is 2.24. The van der Waals surface area contributed by atoms with Gasteiger partial charge in [-0.2, -0.15) is 17.4 Å². The lowest BCUT2D eigenvalue weighted by Crippen LogP contribution is -2.51. The Hall–Kier alpha value is 0.120. The van der Waals surface area contributed by atoms with Gasteiger partial charge in [0.25, 0.3) is 10.2 Å². The van der Waals surface area contributed by atoms with E-state index in [1.54, 1.807) is 7.05 Å². The van der Waals surface area contributed by atoms with Crippen LogP contribution >= 0.6 is 12.4 Å². The highest BCUT2D eigenvalue weighted by Crippen LogP contribution is 2.06. The first-order valence-corrected chi connectivity index (χ1v) is 6.83. The van der Waals surface area contributed by atoms with Crippen LogP contribution in [-0.2, 0) is 10.2 Å². The van der Waals surface area contributed by atoms with E-state index in [2.05, 4.69) is 10.0 Å². The summed E-state index contributed by atoms with van der Waals surface area (Å²) in [6.45, 7) is 5.43. The van der Waals surface area contributed by atoms with E-state index in [0.717, 1.165) is 25.9 Å². The molecule has 0 unspecified atom stereocenters. The molecule has 1 saturated heterocycles. The minimum atomic E-state index is -3.32. The normalized spacial score (nSPS) is 22.2. The van der Waals surface area contributed by atoms with Gasteiger partial charge >= 0.3 is 0 Å². The molecule has 16 heavy (non-hydrogen) atoms. The minimum absolute atomic E-state index is 0. The summed E-state index contributed by atoms with van der Waals surface area (Å²) in [6, 6.07) is 0.0176. The summed E-state index contributed by atoms with van der Waals surface area (Å²) >= 11 is 0. The van der Waals surface area contributed by atoms with Gasteiger partial charge in [-0.05, 0) is 33.2 Å². The van der Waals surface area contributed by atoms with Crippen molar-refractivity contribution >= 4 is 22.6 Å². The Balaban J connectivity index is 0.00000225. The molecule has 0 aromatic heterocycles. The second kappa shape index (κ2) is 6.76. The van der Waals surface area contributed by atoms with Crippen LogP contribution in [0.15, 0.2) is 0 Å². The largest absolute Gasteiger partial charge is 0.315 e. The number of hydrogen-bond acceptors (Lipinski definition) is 3. The third-order valence-corrected chi connectivity index (χ3v) is 4.53. The standard InChI is InChI=1S/C9H21N3O2S.ClH/c1-8(2)12(3)15(13,14)11-9-5-4-6-10-7-9;/h8-11H,4-7H2,1-3H3;1H/t9-;/m1./s1. The monoisotopic (exact) mass is 271 g/mol. The molecule has 1 aliphatic heterocycles. The zero-order valence-electron chi connectivity index (χ0n) is 10.1. The maximum atomic E-state index is 11.8. The topological polar surface area (TPSA) is 61.4 Å². The predicted molar refractivity (Wildman–Crippen MR) is 68.1 cm³/mol. The van der Waals surface area contributed by atoms with Crippen LogP contribution in [0.25, 0.3) is 0 Å². The molecule has 0 radical (unpaired) electrons. The van der Waals surface area contributed by atoms with Gasteiger partial charge in [0.05, 0.1) is 0 Å². The molecule has 0 amide bonds. The first-order chi connectivity index (χ1) is 6.93. The number of rotatable bonds is 4. The second-order valence-electron chi connectivity index (χ2n) is 4.28. The van der Waals surface area contributed by atoms with Gasteiger partial charge in [0.1, 0.15) is 0 Å². The zero-order chi connectivity index (χ0) is 11.5. The van der Waals surface area contributed by atoms with E-state index in [1.807, 2.05) is 13.8 Å². The van der Waals surface area contributed by atoms with E-state index in [0.29, 0.717) is 0 Å². The van der Waals surface area contributed by atoms with Gasteiger partial charge in [0.2, 0.25) is 0 Å². The number of nitrogens with one attached hydrogen (secondary N) is 2. The summed E-state index contributed by atoms with van der Waals surface area (Å²) in [7, 11) is -1.72. The highest BCUT2D eigenvalue weighted by molar-refractivity contribution is 7.87. The highest BCUT2D eigenvalue weighted by atomic mass is 35.5. The Morgan fingerprint density at radius 1 is 1.44 bits per heavy atom. The van der Waals surface area contributed by atoms with Crippen LogP contribution in [-0.4, -0.2) is 44.9 Å². The Labute approximate surface area is 105 Å². The fourth-order valence-electron chi connectivity index (χ4n) is 1.52. The molecule has 98 valence electrons. The zero-order valence-corrected chi connectivity index (χ0v) is 11.7. The van der Waals surface area contributed by atoms with Gasteiger partial charge in [-0.3, -0.25) is 0 Å². The van der Waals surface area contributed by atoms with Crippen molar-refractivity contribution in [3.8, 4) is 0 Å². The molecule has 2 N–H and O–H groups in total. The van der Waals surface area contributed by atoms with Crippen LogP contribution in [0.2, 0.25) is 0 Å². The summed E-state index contributed by atoms with van der Waals surface area (Å²) < 4.78 is 27.7. The van der Waals surface area contributed by atoms with Crippen LogP contribution in [0.5, 0.6) is 0 Å². The van der Waals surface area contributed by atoms with E-state index < -0.39 is 10.2 Å². The summed E-state index contributed by atoms with van der Waals surface area (Å²) in [5.74, 6) is 0. The van der Waals surface area contributed by atoms with E-state index in [-0.39, 0.29) is 24.5 Å². The van der Waals surface area contributed by atoms with Crippen molar-refractivity contribution in [1.29, 1.82) is 0 Å². The predicted octanol–water partition coefficient (Wildman–Crippen LogP) is 0.335. The van der Waals surface area contributed by atoms with E-state index in [9.17, 15) is 8.42 Å². The third kappa shape index (κ3) is 4.55. The van der Waals surface area contributed by atoms with E-state index in [1.165, 1.54) is 4.31 Å². The van der Waals surface area contributed by atoms with Gasteiger partial charge in [0, 0.05) is 25.7 Å². The lowest BCUT2D eigenvalue weighted by atomic mass is 10.1. The first kappa shape index (κ1) is 16.1. The molecule has 0 spiro atoms. The molecule has 0 saturated carbocycles. The maximum absolute atomic E-state index is 11.8. The number of halogens is 1. The molecule has 0 aromatic rings. The minimum Gasteiger partial charge on any atom is -0.315 e. The van der Waals surface area contributed by atoms with Crippen molar-refractivity contribution in [2.45, 2.75) is 38.8 Å². The maximum Gasteiger partial charge on any atom is 0.279 e. The number of piperidine rings is 1. The SMILES string of the molecule is CC(C)N(C)S(=O)(=O)N[C@@H]1CCCNC1.Cl. The Morgan fingerprint density at radius 3 is 2.50 bits per heavy atom. The molecule has 1 atom stereocenters. The number of nitrogens with zero attached hydrogens (tertiary/aromatic N) is 1. The van der Waals surface area contributed by atoms with Crippen molar-refractivity contribution in [3.05, 3.63) is 0 Å². The fourth-order valence-corrected chi connectivity index (χ4v) is 2.87. The third-order valence-electron chi connectivity index (χ3n) is 2.72. The average Bonchev–Trinajstić information content (AvgIpc) is 2.17. The van der Waals surface area contributed by atoms with Crippen molar-refractivity contribution in [2.75, 3.05) is 20.1 Å². The summed E-state index contributed by atoms with van der Waals surface area (Å²) in [5, 5.41) is 3.18. The molecule has 0 bridgehead atoms. The average molecular weight is 272 g/mol. The lowest BCUT2D eigenvalue weighted by molar-refractivity contribution is 0.377. The van der Waals surface area contributed by atoms with E-state index in [4.69, 9.17) is 0 Å². The van der Waals surface area contributed by atoms with Gasteiger partial charge < -0.3 is 5.32 Å². The Kier molecular flexibility index (Phi) is 6.81. The Bertz CT molecular complexity index is 289. The number of hydrogen-bond donors (Lipinski definition) is 2. The Morgan fingerprint density at radius 2 is 2.06 bits per heavy atom. The summed E-state index contributed by atoms with van der Waals surface area (Å²) in [6.07, 6.45) is 1.94. The van der Waals surface area contributed by atoms with Crippen LogP contribution in [0.4, 0.5) is 0 Å². The van der Waals surface area contributed by atoms with Crippen molar-refractivity contribution in [3.63, 3.8) is 0 Å². The first-order valence-electron chi connectivity index (χ1n) is 5.39. The van der Waals surface area contributed by atoms with Crippen LogP contribution < -0.4 is 10.0 Å². The van der Waals surface area contributed by atoms with E-state index >= 15 is 0 Å². The van der Waals surface area contributed by atoms with Crippen LogP contribution in [0.1, 0.15) is 26.7 Å². The van der Waals surface area contributed by atoms with Gasteiger partial charge in [0.15, 0.2) is 0 Å². The molecule has 1 heterocycles. The van der Waals surface area contributed by atoms with Gasteiger partial charge in [-0.15, -0.1) is 12.4 Å². The second-order valence-corrected chi connectivity index (χ2v) is 6.04. The molecule has 7 heteroatoms. The molecule has 0 aromatic carbocycles. The molecule has 1 rings (SSSR count). The molecular formula is C9H22ClN3O2S. The molecule has 1 aliphatic rings. The van der Waals surface area contributed by atoms with Crippen molar-refractivity contribution < 1.29 is 8.42 Å². The summed E-state index contributed by atoms with van der Waals surface area (Å²) in [4.78, 5) is 0. The van der Waals surface area contributed by atoms with Crippen LogP contribution in [0.3, 0.4) is 0 Å². The quantitative estimate of drug-likeness (QED) is 0.775. The molecule has 5 nitrogen and oxygen atoms in total. The molecular weight excluding hydrogens is 250 g/mol. The van der Waals surface area contributed by atoms with Gasteiger partial charge in [-0.25, -0.2) is 0 Å². The molecule has 1 fully saturated rings. The summed E-state index contributed by atoms with van der Waals surface area (Å²) in [5.41, 5.74) is 0. The van der Waals surface area contributed by atoms with Crippen molar-refractivity contribution in [1.82, 2.24) is 14.3 Å². The van der Waals surface area contributed by atoms with Gasteiger partial charge in [-0.1, -0.05) is 0 Å². The fraction of sp³-hybridized carbons (Fsp3) is 1.00. The molecule has 0 aliphatic carbocycles. The van der Waals surface area contributed by atoms with Crippen LogP contribution in [0, 0.1) is 0 Å². The van der Waals surface area contributed by atoms with Crippen molar-refractivity contribution in [2.24, 2.45) is 0 Å².